The molecule has 0 N–H and O–H groups in total. The molecule has 0 saturated carbocycles. The van der Waals surface area contributed by atoms with E-state index in [0.29, 0.717) is 0 Å². The summed E-state index contributed by atoms with van der Waals surface area (Å²) in [6.45, 7) is 6.43. The standard InChI is InChI=1S/C18H17N.ClH/c1-12-8-9-15(10-13(12)2)18-11-14(3)16-6-4-5-7-17(16)19-18;/h4-11H,1-3H3;1H. The Balaban J connectivity index is 0.00000147. The van der Waals surface area contributed by atoms with Crippen LogP contribution in [-0.2, 0) is 0 Å². The molecule has 0 spiro atoms. The first-order chi connectivity index (χ1) is 9.15. The van der Waals surface area contributed by atoms with Gasteiger partial charge in [-0.2, -0.15) is 0 Å². The fourth-order valence-corrected chi connectivity index (χ4v) is 2.40. The second kappa shape index (κ2) is 5.64. The van der Waals surface area contributed by atoms with Gasteiger partial charge in [-0.15, -0.1) is 12.4 Å². The predicted molar refractivity (Wildman–Crippen MR) is 88.6 cm³/mol. The van der Waals surface area contributed by atoms with E-state index >= 15 is 0 Å². The average Bonchev–Trinajstić information content (AvgIpc) is 2.42. The van der Waals surface area contributed by atoms with Crippen LogP contribution < -0.4 is 0 Å². The number of fused-ring (bicyclic) bond motifs is 1. The molecule has 0 aliphatic carbocycles. The maximum absolute atomic E-state index is 4.78. The highest BCUT2D eigenvalue weighted by molar-refractivity contribution is 5.85. The van der Waals surface area contributed by atoms with Gasteiger partial charge in [0.05, 0.1) is 11.2 Å². The Morgan fingerprint density at radius 1 is 0.750 bits per heavy atom. The number of hydrogen-bond acceptors (Lipinski definition) is 1. The molecule has 0 amide bonds. The normalized spacial score (nSPS) is 10.3. The molecule has 2 aromatic carbocycles. The number of halogens is 1. The van der Waals surface area contributed by atoms with Gasteiger partial charge in [-0.3, -0.25) is 0 Å². The van der Waals surface area contributed by atoms with E-state index in [0.717, 1.165) is 11.2 Å². The number of rotatable bonds is 1. The van der Waals surface area contributed by atoms with Crippen LogP contribution in [0.4, 0.5) is 0 Å². The van der Waals surface area contributed by atoms with Crippen LogP contribution in [0, 0.1) is 20.8 Å². The van der Waals surface area contributed by atoms with E-state index in [4.69, 9.17) is 4.98 Å². The Labute approximate surface area is 126 Å². The lowest BCUT2D eigenvalue weighted by Crippen LogP contribution is -1.90. The van der Waals surface area contributed by atoms with Crippen molar-refractivity contribution < 1.29 is 0 Å². The first kappa shape index (κ1) is 14.5. The van der Waals surface area contributed by atoms with E-state index in [1.54, 1.807) is 0 Å². The zero-order chi connectivity index (χ0) is 13.4. The molecule has 0 radical (unpaired) electrons. The van der Waals surface area contributed by atoms with Crippen molar-refractivity contribution in [1.82, 2.24) is 4.98 Å². The van der Waals surface area contributed by atoms with Crippen molar-refractivity contribution in [2.75, 3.05) is 0 Å². The Kier molecular flexibility index (Phi) is 4.10. The molecule has 0 fully saturated rings. The van der Waals surface area contributed by atoms with Gasteiger partial charge in [0.2, 0.25) is 0 Å². The summed E-state index contributed by atoms with van der Waals surface area (Å²) in [5.74, 6) is 0. The van der Waals surface area contributed by atoms with Crippen molar-refractivity contribution in [2.45, 2.75) is 20.8 Å². The monoisotopic (exact) mass is 283 g/mol. The zero-order valence-corrected chi connectivity index (χ0v) is 12.8. The minimum Gasteiger partial charge on any atom is -0.248 e. The van der Waals surface area contributed by atoms with Gasteiger partial charge in [-0.05, 0) is 55.7 Å². The summed E-state index contributed by atoms with van der Waals surface area (Å²) < 4.78 is 0. The quantitative estimate of drug-likeness (QED) is 0.594. The lowest BCUT2D eigenvalue weighted by molar-refractivity contribution is 1.31. The molecule has 20 heavy (non-hydrogen) atoms. The molecule has 0 saturated heterocycles. The van der Waals surface area contributed by atoms with Crippen LogP contribution in [0.5, 0.6) is 0 Å². The number of aryl methyl sites for hydroxylation is 3. The summed E-state index contributed by atoms with van der Waals surface area (Å²) in [6, 6.07) is 17.0. The van der Waals surface area contributed by atoms with Crippen LogP contribution in [0.2, 0.25) is 0 Å². The molecule has 1 nitrogen and oxygen atoms in total. The number of pyridine rings is 1. The van der Waals surface area contributed by atoms with E-state index in [1.165, 1.54) is 27.6 Å². The van der Waals surface area contributed by atoms with Crippen LogP contribution in [0.1, 0.15) is 16.7 Å². The van der Waals surface area contributed by atoms with Gasteiger partial charge >= 0.3 is 0 Å². The first-order valence-electron chi connectivity index (χ1n) is 6.59. The smallest absolute Gasteiger partial charge is 0.0712 e. The fraction of sp³-hybridized carbons (Fsp3) is 0.167. The maximum atomic E-state index is 4.78. The van der Waals surface area contributed by atoms with Crippen LogP contribution in [0.15, 0.2) is 48.5 Å². The summed E-state index contributed by atoms with van der Waals surface area (Å²) in [5, 5.41) is 1.23. The molecule has 1 aromatic heterocycles. The number of hydrogen-bond donors (Lipinski definition) is 0. The number of nitrogens with zero attached hydrogens (tertiary/aromatic N) is 1. The van der Waals surface area contributed by atoms with Gasteiger partial charge in [-0.25, -0.2) is 4.98 Å². The molecule has 2 heteroatoms. The van der Waals surface area contributed by atoms with Crippen LogP contribution in [0.3, 0.4) is 0 Å². The second-order valence-corrected chi connectivity index (χ2v) is 5.14. The maximum Gasteiger partial charge on any atom is 0.0712 e. The van der Waals surface area contributed by atoms with Gasteiger partial charge in [0.15, 0.2) is 0 Å². The molecule has 1 heterocycles. The minimum absolute atomic E-state index is 0. The number of benzene rings is 2. The van der Waals surface area contributed by atoms with Crippen LogP contribution in [0.25, 0.3) is 22.2 Å². The molecule has 3 rings (SSSR count). The second-order valence-electron chi connectivity index (χ2n) is 5.14. The third kappa shape index (κ3) is 2.54. The third-order valence-corrected chi connectivity index (χ3v) is 3.73. The van der Waals surface area contributed by atoms with Crippen molar-refractivity contribution in [3.8, 4) is 11.3 Å². The molecule has 3 aromatic rings. The largest absolute Gasteiger partial charge is 0.248 e. The van der Waals surface area contributed by atoms with Gasteiger partial charge < -0.3 is 0 Å². The summed E-state index contributed by atoms with van der Waals surface area (Å²) in [6.07, 6.45) is 0. The van der Waals surface area contributed by atoms with E-state index in [2.05, 4.69) is 63.2 Å². The molecule has 0 unspecified atom stereocenters. The molecular weight excluding hydrogens is 266 g/mol. The predicted octanol–water partition coefficient (Wildman–Crippen LogP) is 5.25. The van der Waals surface area contributed by atoms with Crippen LogP contribution >= 0.6 is 12.4 Å². The molecule has 0 bridgehead atoms. The summed E-state index contributed by atoms with van der Waals surface area (Å²) in [5.41, 5.74) is 7.22. The van der Waals surface area contributed by atoms with Crippen LogP contribution in [-0.4, -0.2) is 4.98 Å². The first-order valence-corrected chi connectivity index (χ1v) is 6.59. The van der Waals surface area contributed by atoms with Crippen molar-refractivity contribution >= 4 is 23.3 Å². The van der Waals surface area contributed by atoms with Crippen molar-refractivity contribution in [2.24, 2.45) is 0 Å². The van der Waals surface area contributed by atoms with E-state index in [1.807, 2.05) is 6.07 Å². The summed E-state index contributed by atoms with van der Waals surface area (Å²) >= 11 is 0. The highest BCUT2D eigenvalue weighted by atomic mass is 35.5. The fourth-order valence-electron chi connectivity index (χ4n) is 2.40. The molecule has 0 aliphatic heterocycles. The zero-order valence-electron chi connectivity index (χ0n) is 12.0. The SMILES string of the molecule is Cc1ccc(-c2cc(C)c3ccccc3n2)cc1C.Cl. The van der Waals surface area contributed by atoms with Crippen molar-refractivity contribution in [3.63, 3.8) is 0 Å². The summed E-state index contributed by atoms with van der Waals surface area (Å²) in [4.78, 5) is 4.78. The van der Waals surface area contributed by atoms with Gasteiger partial charge in [0.25, 0.3) is 0 Å². The van der Waals surface area contributed by atoms with Gasteiger partial charge in [0.1, 0.15) is 0 Å². The van der Waals surface area contributed by atoms with E-state index in [-0.39, 0.29) is 12.4 Å². The van der Waals surface area contributed by atoms with Gasteiger partial charge in [0, 0.05) is 10.9 Å². The molecule has 0 aliphatic rings. The number of para-hydroxylation sites is 1. The average molecular weight is 284 g/mol. The highest BCUT2D eigenvalue weighted by Crippen LogP contribution is 2.25. The highest BCUT2D eigenvalue weighted by Gasteiger charge is 2.05. The molecule has 102 valence electrons. The molecule has 0 atom stereocenters. The van der Waals surface area contributed by atoms with Crippen molar-refractivity contribution in [1.29, 1.82) is 0 Å². The van der Waals surface area contributed by atoms with E-state index in [9.17, 15) is 0 Å². The Bertz CT molecular complexity index is 762. The lowest BCUT2D eigenvalue weighted by atomic mass is 10.0. The third-order valence-electron chi connectivity index (χ3n) is 3.73. The Hall–Kier alpha value is -1.86. The summed E-state index contributed by atoms with van der Waals surface area (Å²) in [7, 11) is 0. The topological polar surface area (TPSA) is 12.9 Å². The Morgan fingerprint density at radius 2 is 1.50 bits per heavy atom. The van der Waals surface area contributed by atoms with Crippen molar-refractivity contribution in [3.05, 3.63) is 65.2 Å². The minimum atomic E-state index is 0. The number of aromatic nitrogens is 1. The van der Waals surface area contributed by atoms with Gasteiger partial charge in [-0.1, -0.05) is 30.3 Å². The molecular formula is C18H18ClN. The van der Waals surface area contributed by atoms with E-state index < -0.39 is 0 Å². The Morgan fingerprint density at radius 3 is 2.25 bits per heavy atom. The lowest BCUT2D eigenvalue weighted by Gasteiger charge is -2.08.